The van der Waals surface area contributed by atoms with E-state index in [1.807, 2.05) is 56.3 Å². The number of amidine groups is 1. The minimum absolute atomic E-state index is 0.104. The fourth-order valence-electron chi connectivity index (χ4n) is 4.31. The first-order valence-electron chi connectivity index (χ1n) is 10.8. The summed E-state index contributed by atoms with van der Waals surface area (Å²) >= 11 is 0. The molecule has 0 aromatic heterocycles. The monoisotopic (exact) mass is 429 g/mol. The zero-order valence-electron chi connectivity index (χ0n) is 18.1. The van der Waals surface area contributed by atoms with E-state index >= 15 is 0 Å². The highest BCUT2D eigenvalue weighted by molar-refractivity contribution is 6.04. The van der Waals surface area contributed by atoms with Crippen molar-refractivity contribution >= 4 is 17.4 Å². The summed E-state index contributed by atoms with van der Waals surface area (Å²) in [5.74, 6) is 1.55. The SMILES string of the molecule is Cc1ccc2c(c1)Oc1ccccc1C(N1CCN(C(=O)c3ccccc3F)[C@H](C)C1)=N2. The van der Waals surface area contributed by atoms with Gasteiger partial charge >= 0.3 is 0 Å². The van der Waals surface area contributed by atoms with Gasteiger partial charge in [-0.15, -0.1) is 0 Å². The Morgan fingerprint density at radius 2 is 1.81 bits per heavy atom. The number of piperazine rings is 1. The molecular weight excluding hydrogens is 405 g/mol. The van der Waals surface area contributed by atoms with Crippen molar-refractivity contribution in [1.29, 1.82) is 0 Å². The van der Waals surface area contributed by atoms with Crippen molar-refractivity contribution in [3.63, 3.8) is 0 Å². The molecule has 0 spiro atoms. The van der Waals surface area contributed by atoms with Crippen molar-refractivity contribution in [3.05, 3.63) is 89.2 Å². The number of hydrogen-bond donors (Lipinski definition) is 0. The van der Waals surface area contributed by atoms with Crippen LogP contribution in [0.1, 0.15) is 28.4 Å². The summed E-state index contributed by atoms with van der Waals surface area (Å²) in [6, 6.07) is 19.9. The lowest BCUT2D eigenvalue weighted by atomic mass is 10.1. The smallest absolute Gasteiger partial charge is 0.257 e. The van der Waals surface area contributed by atoms with Gasteiger partial charge in [0.15, 0.2) is 5.75 Å². The molecule has 0 saturated carbocycles. The first-order valence-corrected chi connectivity index (χ1v) is 10.8. The standard InChI is InChI=1S/C26H24FN3O2/c1-17-11-12-22-24(15-17)32-23-10-6-4-8-20(23)25(28-22)29-13-14-30(18(2)16-29)26(31)19-7-3-5-9-21(19)27/h3-12,15,18H,13-14,16H2,1-2H3/t18-/m1/s1. The third-order valence-corrected chi connectivity index (χ3v) is 5.98. The minimum atomic E-state index is -0.488. The van der Waals surface area contributed by atoms with Crippen molar-refractivity contribution < 1.29 is 13.9 Å². The van der Waals surface area contributed by atoms with E-state index in [0.29, 0.717) is 19.6 Å². The van der Waals surface area contributed by atoms with E-state index in [-0.39, 0.29) is 17.5 Å². The third-order valence-electron chi connectivity index (χ3n) is 5.98. The predicted molar refractivity (Wildman–Crippen MR) is 122 cm³/mol. The molecule has 2 aliphatic heterocycles. The van der Waals surface area contributed by atoms with E-state index in [1.165, 1.54) is 6.07 Å². The van der Waals surface area contributed by atoms with Gasteiger partial charge in [0.1, 0.15) is 23.1 Å². The average molecular weight is 429 g/mol. The molecule has 0 radical (unpaired) electrons. The lowest BCUT2D eigenvalue weighted by Gasteiger charge is -2.41. The molecule has 5 rings (SSSR count). The Kier molecular flexibility index (Phi) is 5.13. The average Bonchev–Trinajstić information content (AvgIpc) is 2.95. The maximum Gasteiger partial charge on any atom is 0.257 e. The van der Waals surface area contributed by atoms with Crippen molar-refractivity contribution in [2.24, 2.45) is 4.99 Å². The van der Waals surface area contributed by atoms with Crippen LogP contribution in [0.3, 0.4) is 0 Å². The zero-order valence-corrected chi connectivity index (χ0v) is 18.1. The number of benzene rings is 3. The Morgan fingerprint density at radius 3 is 2.62 bits per heavy atom. The van der Waals surface area contributed by atoms with Crippen LogP contribution in [-0.2, 0) is 0 Å². The third kappa shape index (κ3) is 3.62. The van der Waals surface area contributed by atoms with Crippen LogP contribution < -0.4 is 4.74 Å². The highest BCUT2D eigenvalue weighted by Crippen LogP contribution is 2.39. The van der Waals surface area contributed by atoms with Gasteiger partial charge in [0, 0.05) is 25.7 Å². The van der Waals surface area contributed by atoms with Gasteiger partial charge in [0.25, 0.3) is 5.91 Å². The molecule has 2 heterocycles. The molecule has 3 aromatic carbocycles. The van der Waals surface area contributed by atoms with E-state index in [9.17, 15) is 9.18 Å². The van der Waals surface area contributed by atoms with Crippen molar-refractivity contribution in [2.75, 3.05) is 19.6 Å². The predicted octanol–water partition coefficient (Wildman–Crippen LogP) is 5.16. The van der Waals surface area contributed by atoms with Crippen LogP contribution in [-0.4, -0.2) is 47.2 Å². The Hall–Kier alpha value is -3.67. The van der Waals surface area contributed by atoms with E-state index in [4.69, 9.17) is 9.73 Å². The molecule has 0 unspecified atom stereocenters. The zero-order chi connectivity index (χ0) is 22.2. The van der Waals surface area contributed by atoms with Gasteiger partial charge < -0.3 is 14.5 Å². The lowest BCUT2D eigenvalue weighted by Crippen LogP contribution is -2.55. The number of carbonyl (C=O) groups is 1. The quantitative estimate of drug-likeness (QED) is 0.536. The molecule has 0 bridgehead atoms. The first-order chi connectivity index (χ1) is 15.5. The summed E-state index contributed by atoms with van der Waals surface area (Å²) in [6.45, 7) is 5.69. The Morgan fingerprint density at radius 1 is 1.03 bits per heavy atom. The topological polar surface area (TPSA) is 45.1 Å². The molecule has 1 saturated heterocycles. The normalized spacial score (nSPS) is 17.6. The largest absolute Gasteiger partial charge is 0.454 e. The van der Waals surface area contributed by atoms with Gasteiger partial charge in [0.2, 0.25) is 0 Å². The summed E-state index contributed by atoms with van der Waals surface area (Å²) in [5, 5.41) is 0. The van der Waals surface area contributed by atoms with Crippen molar-refractivity contribution in [2.45, 2.75) is 19.9 Å². The number of para-hydroxylation sites is 1. The molecule has 0 N–H and O–H groups in total. The Balaban J connectivity index is 1.46. The molecule has 5 nitrogen and oxygen atoms in total. The number of carbonyl (C=O) groups excluding carboxylic acids is 1. The highest BCUT2D eigenvalue weighted by Gasteiger charge is 2.32. The number of amides is 1. The number of fused-ring (bicyclic) bond motifs is 2. The number of nitrogens with zero attached hydrogens (tertiary/aromatic N) is 3. The van der Waals surface area contributed by atoms with Gasteiger partial charge in [-0.25, -0.2) is 9.38 Å². The Labute approximate surface area is 186 Å². The fraction of sp³-hybridized carbons (Fsp3) is 0.231. The van der Waals surface area contributed by atoms with Gasteiger partial charge in [-0.05, 0) is 55.8 Å². The second-order valence-corrected chi connectivity index (χ2v) is 8.28. The molecule has 1 amide bonds. The summed E-state index contributed by atoms with van der Waals surface area (Å²) in [7, 11) is 0. The summed E-state index contributed by atoms with van der Waals surface area (Å²) in [6.07, 6.45) is 0. The number of halogens is 1. The summed E-state index contributed by atoms with van der Waals surface area (Å²) in [5.41, 5.74) is 2.91. The van der Waals surface area contributed by atoms with Crippen LogP contribution in [0.15, 0.2) is 71.7 Å². The van der Waals surface area contributed by atoms with Crippen LogP contribution in [0.25, 0.3) is 0 Å². The second kappa shape index (κ2) is 8.11. The van der Waals surface area contributed by atoms with Gasteiger partial charge in [-0.2, -0.15) is 0 Å². The van der Waals surface area contributed by atoms with Crippen LogP contribution >= 0.6 is 0 Å². The maximum absolute atomic E-state index is 14.2. The molecule has 2 aliphatic rings. The molecule has 162 valence electrons. The van der Waals surface area contributed by atoms with Crippen LogP contribution in [0.4, 0.5) is 10.1 Å². The molecule has 1 fully saturated rings. The van der Waals surface area contributed by atoms with E-state index < -0.39 is 5.82 Å². The number of hydrogen-bond acceptors (Lipinski definition) is 4. The molecule has 0 aliphatic carbocycles. The van der Waals surface area contributed by atoms with Crippen LogP contribution in [0.2, 0.25) is 0 Å². The molecule has 3 aromatic rings. The van der Waals surface area contributed by atoms with E-state index in [0.717, 1.165) is 34.1 Å². The van der Waals surface area contributed by atoms with Crippen molar-refractivity contribution in [3.8, 4) is 11.5 Å². The van der Waals surface area contributed by atoms with Gasteiger partial charge in [-0.3, -0.25) is 4.79 Å². The maximum atomic E-state index is 14.2. The van der Waals surface area contributed by atoms with Gasteiger partial charge in [-0.1, -0.05) is 30.3 Å². The second-order valence-electron chi connectivity index (χ2n) is 8.28. The summed E-state index contributed by atoms with van der Waals surface area (Å²) in [4.78, 5) is 21.9. The molecule has 1 atom stereocenters. The van der Waals surface area contributed by atoms with Crippen LogP contribution in [0.5, 0.6) is 11.5 Å². The van der Waals surface area contributed by atoms with E-state index in [1.54, 1.807) is 23.1 Å². The molecular formula is C26H24FN3O2. The fourth-order valence-corrected chi connectivity index (χ4v) is 4.31. The highest BCUT2D eigenvalue weighted by atomic mass is 19.1. The number of rotatable bonds is 1. The molecule has 6 heteroatoms. The number of ether oxygens (including phenoxy) is 1. The molecule has 32 heavy (non-hydrogen) atoms. The van der Waals surface area contributed by atoms with E-state index in [2.05, 4.69) is 4.90 Å². The summed E-state index contributed by atoms with van der Waals surface area (Å²) < 4.78 is 20.4. The lowest BCUT2D eigenvalue weighted by molar-refractivity contribution is 0.0576. The minimum Gasteiger partial charge on any atom is -0.454 e. The number of aliphatic imine (C=N–C) groups is 1. The van der Waals surface area contributed by atoms with Crippen LogP contribution in [0, 0.1) is 12.7 Å². The van der Waals surface area contributed by atoms with Gasteiger partial charge in [0.05, 0.1) is 11.1 Å². The first kappa shape index (κ1) is 20.2. The number of aryl methyl sites for hydroxylation is 1. The Bertz CT molecular complexity index is 1220. The van der Waals surface area contributed by atoms with Crippen molar-refractivity contribution in [1.82, 2.24) is 9.80 Å².